The van der Waals surface area contributed by atoms with Gasteiger partial charge in [0.25, 0.3) is 0 Å². The molecule has 1 aliphatic heterocycles. The Morgan fingerprint density at radius 2 is 2.28 bits per heavy atom. The number of rotatable bonds is 2. The Hall–Kier alpha value is -0.720. The van der Waals surface area contributed by atoms with Crippen LogP contribution in [0.1, 0.15) is 25.7 Å². The molecule has 0 aromatic carbocycles. The quantitative estimate of drug-likeness (QED) is 0.762. The van der Waals surface area contributed by atoms with E-state index in [4.69, 9.17) is 17.0 Å². The molecule has 1 aromatic rings. The minimum atomic E-state index is 0.422. The zero-order valence-electron chi connectivity index (χ0n) is 10.8. The molecule has 0 bridgehead atoms. The Kier molecular flexibility index (Phi) is 3.50. The average molecular weight is 268 g/mol. The lowest BCUT2D eigenvalue weighted by atomic mass is 9.90. The fourth-order valence-electron chi connectivity index (χ4n) is 3.04. The molecule has 0 spiro atoms. The first kappa shape index (κ1) is 12.3. The first-order valence-corrected chi connectivity index (χ1v) is 7.10. The number of aromatic nitrogens is 3. The zero-order chi connectivity index (χ0) is 12.5. The molecular weight excluding hydrogens is 248 g/mol. The van der Waals surface area contributed by atoms with Crippen molar-refractivity contribution < 1.29 is 4.74 Å². The van der Waals surface area contributed by atoms with Crippen LogP contribution in [0.5, 0.6) is 0 Å². The van der Waals surface area contributed by atoms with Gasteiger partial charge in [-0.05, 0) is 25.1 Å². The third-order valence-corrected chi connectivity index (χ3v) is 4.55. The van der Waals surface area contributed by atoms with Crippen LogP contribution < -0.4 is 0 Å². The fraction of sp³-hybridized carbons (Fsp3) is 0.833. The summed E-state index contributed by atoms with van der Waals surface area (Å²) in [5.74, 6) is 0. The molecule has 18 heavy (non-hydrogen) atoms. The van der Waals surface area contributed by atoms with Crippen LogP contribution in [0.15, 0.2) is 6.33 Å². The van der Waals surface area contributed by atoms with Gasteiger partial charge in [0.15, 0.2) is 4.77 Å². The van der Waals surface area contributed by atoms with E-state index < -0.39 is 0 Å². The van der Waals surface area contributed by atoms with Gasteiger partial charge in [-0.2, -0.15) is 5.10 Å². The third-order valence-electron chi connectivity index (χ3n) is 4.05. The van der Waals surface area contributed by atoms with Crippen LogP contribution in [-0.4, -0.2) is 44.5 Å². The van der Waals surface area contributed by atoms with Gasteiger partial charge in [-0.3, -0.25) is 4.90 Å². The first-order chi connectivity index (χ1) is 8.75. The van der Waals surface area contributed by atoms with E-state index in [0.717, 1.165) is 24.6 Å². The molecule has 6 heteroatoms. The normalized spacial score (nSPS) is 29.2. The molecule has 1 aliphatic carbocycles. The predicted molar refractivity (Wildman–Crippen MR) is 70.7 cm³/mol. The summed E-state index contributed by atoms with van der Waals surface area (Å²) in [7, 11) is 1.94. The van der Waals surface area contributed by atoms with Gasteiger partial charge in [0.1, 0.15) is 6.33 Å². The Morgan fingerprint density at radius 1 is 1.44 bits per heavy atom. The molecule has 2 aliphatic rings. The lowest BCUT2D eigenvalue weighted by Gasteiger charge is -2.43. The van der Waals surface area contributed by atoms with E-state index in [1.807, 2.05) is 16.3 Å². The SMILES string of the molecule is Cn1cnn(CN2CCOC3CCCCC32)c1=S. The van der Waals surface area contributed by atoms with Crippen molar-refractivity contribution in [2.75, 3.05) is 13.2 Å². The van der Waals surface area contributed by atoms with Crippen LogP contribution in [0.2, 0.25) is 0 Å². The largest absolute Gasteiger partial charge is 0.375 e. The highest BCUT2D eigenvalue weighted by molar-refractivity contribution is 7.71. The van der Waals surface area contributed by atoms with Gasteiger partial charge < -0.3 is 9.30 Å². The van der Waals surface area contributed by atoms with Gasteiger partial charge in [0.2, 0.25) is 0 Å². The van der Waals surface area contributed by atoms with Gasteiger partial charge in [0, 0.05) is 19.6 Å². The van der Waals surface area contributed by atoms with E-state index in [2.05, 4.69) is 10.00 Å². The number of hydrogen-bond acceptors (Lipinski definition) is 4. The van der Waals surface area contributed by atoms with Crippen molar-refractivity contribution >= 4 is 12.2 Å². The Labute approximate surface area is 112 Å². The van der Waals surface area contributed by atoms with E-state index in [9.17, 15) is 0 Å². The number of hydrogen-bond donors (Lipinski definition) is 0. The van der Waals surface area contributed by atoms with Crippen LogP contribution in [0.4, 0.5) is 0 Å². The average Bonchev–Trinajstić information content (AvgIpc) is 2.71. The van der Waals surface area contributed by atoms with Crippen molar-refractivity contribution in [1.82, 2.24) is 19.2 Å². The number of aryl methyl sites for hydroxylation is 1. The minimum Gasteiger partial charge on any atom is -0.375 e. The first-order valence-electron chi connectivity index (χ1n) is 6.70. The topological polar surface area (TPSA) is 35.2 Å². The van der Waals surface area contributed by atoms with Crippen molar-refractivity contribution in [2.45, 2.75) is 44.5 Å². The molecule has 5 nitrogen and oxygen atoms in total. The molecule has 0 amide bonds. The molecule has 2 fully saturated rings. The molecule has 3 rings (SSSR count). The number of nitrogens with zero attached hydrogens (tertiary/aromatic N) is 4. The standard InChI is InChI=1S/C12H20N4OS/c1-14-8-13-16(12(14)18)9-15-6-7-17-11-5-3-2-4-10(11)15/h8,10-11H,2-7,9H2,1H3. The molecule has 2 atom stereocenters. The lowest BCUT2D eigenvalue weighted by molar-refractivity contribution is -0.0994. The molecular formula is C12H20N4OS. The molecule has 1 saturated carbocycles. The maximum Gasteiger partial charge on any atom is 0.198 e. The van der Waals surface area contributed by atoms with Crippen LogP contribution in [0, 0.1) is 4.77 Å². The van der Waals surface area contributed by atoms with Crippen LogP contribution >= 0.6 is 12.2 Å². The Morgan fingerprint density at radius 3 is 3.06 bits per heavy atom. The Balaban J connectivity index is 1.75. The second kappa shape index (κ2) is 5.11. The molecule has 1 saturated heterocycles. The molecule has 2 unspecified atom stereocenters. The van der Waals surface area contributed by atoms with Gasteiger partial charge in [-0.25, -0.2) is 4.68 Å². The third kappa shape index (κ3) is 2.24. The summed E-state index contributed by atoms with van der Waals surface area (Å²) in [6.07, 6.45) is 7.26. The maximum absolute atomic E-state index is 5.88. The summed E-state index contributed by atoms with van der Waals surface area (Å²) in [5, 5.41) is 4.34. The maximum atomic E-state index is 5.88. The van der Waals surface area contributed by atoms with Gasteiger partial charge in [-0.1, -0.05) is 12.8 Å². The second-order valence-corrected chi connectivity index (χ2v) is 5.60. The van der Waals surface area contributed by atoms with E-state index >= 15 is 0 Å². The molecule has 1 aromatic heterocycles. The smallest absolute Gasteiger partial charge is 0.198 e. The van der Waals surface area contributed by atoms with Gasteiger partial charge in [0.05, 0.1) is 19.4 Å². The summed E-state index contributed by atoms with van der Waals surface area (Å²) in [5.41, 5.74) is 0. The summed E-state index contributed by atoms with van der Waals surface area (Å²) in [6.45, 7) is 2.62. The van der Waals surface area contributed by atoms with Crippen molar-refractivity contribution in [3.63, 3.8) is 0 Å². The van der Waals surface area contributed by atoms with Gasteiger partial charge >= 0.3 is 0 Å². The Bertz CT molecular complexity index is 467. The van der Waals surface area contributed by atoms with Crippen LogP contribution in [0.25, 0.3) is 0 Å². The molecule has 2 heterocycles. The van der Waals surface area contributed by atoms with Crippen molar-refractivity contribution in [3.05, 3.63) is 11.1 Å². The predicted octanol–water partition coefficient (Wildman–Crippen LogP) is 1.55. The number of fused-ring (bicyclic) bond motifs is 1. The summed E-state index contributed by atoms with van der Waals surface area (Å²) in [6, 6.07) is 0.552. The van der Waals surface area contributed by atoms with Gasteiger partial charge in [-0.15, -0.1) is 0 Å². The number of ether oxygens (including phenoxy) is 1. The highest BCUT2D eigenvalue weighted by Gasteiger charge is 2.34. The highest BCUT2D eigenvalue weighted by Crippen LogP contribution is 2.28. The van der Waals surface area contributed by atoms with E-state index in [1.165, 1.54) is 25.7 Å². The molecule has 0 N–H and O–H groups in total. The van der Waals surface area contributed by atoms with Crippen molar-refractivity contribution in [2.24, 2.45) is 7.05 Å². The lowest BCUT2D eigenvalue weighted by Crippen LogP contribution is -2.52. The monoisotopic (exact) mass is 268 g/mol. The molecule has 0 radical (unpaired) electrons. The summed E-state index contributed by atoms with van der Waals surface area (Å²) < 4.78 is 10.5. The fourth-order valence-corrected chi connectivity index (χ4v) is 3.19. The minimum absolute atomic E-state index is 0.422. The molecule has 100 valence electrons. The van der Waals surface area contributed by atoms with Crippen molar-refractivity contribution in [3.8, 4) is 0 Å². The van der Waals surface area contributed by atoms with E-state index in [1.54, 1.807) is 6.33 Å². The zero-order valence-corrected chi connectivity index (χ0v) is 11.6. The van der Waals surface area contributed by atoms with Crippen LogP contribution in [0.3, 0.4) is 0 Å². The second-order valence-electron chi connectivity index (χ2n) is 5.24. The highest BCUT2D eigenvalue weighted by atomic mass is 32.1. The summed E-state index contributed by atoms with van der Waals surface area (Å²) in [4.78, 5) is 2.48. The van der Waals surface area contributed by atoms with Crippen LogP contribution in [-0.2, 0) is 18.5 Å². The summed E-state index contributed by atoms with van der Waals surface area (Å²) >= 11 is 5.35. The van der Waals surface area contributed by atoms with E-state index in [0.29, 0.717) is 12.1 Å². The van der Waals surface area contributed by atoms with Crippen molar-refractivity contribution in [1.29, 1.82) is 0 Å². The number of morpholine rings is 1. The van der Waals surface area contributed by atoms with E-state index in [-0.39, 0.29) is 0 Å².